The van der Waals surface area contributed by atoms with E-state index in [2.05, 4.69) is 44.3 Å². The largest absolute Gasteiger partial charge is 0.380 e. The predicted octanol–water partition coefficient (Wildman–Crippen LogP) is 3.39. The van der Waals surface area contributed by atoms with Crippen molar-refractivity contribution in [3.05, 3.63) is 29.3 Å². The van der Waals surface area contributed by atoms with Crippen LogP contribution in [0.25, 0.3) is 0 Å². The Hall–Kier alpha value is -1.02. The average Bonchev–Trinajstić information content (AvgIpc) is 2.29. The van der Waals surface area contributed by atoms with Gasteiger partial charge in [-0.15, -0.1) is 0 Å². The van der Waals surface area contributed by atoms with Gasteiger partial charge in [-0.25, -0.2) is 0 Å². The number of hydrogen-bond acceptors (Lipinski definition) is 2. The molecule has 0 spiro atoms. The van der Waals surface area contributed by atoms with E-state index in [9.17, 15) is 0 Å². The van der Waals surface area contributed by atoms with E-state index in [4.69, 9.17) is 4.74 Å². The molecule has 16 heavy (non-hydrogen) atoms. The molecule has 1 rings (SSSR count). The monoisotopic (exact) mass is 221 g/mol. The number of para-hydroxylation sites is 1. The van der Waals surface area contributed by atoms with Gasteiger partial charge in [-0.05, 0) is 38.3 Å². The molecule has 2 heteroatoms. The van der Waals surface area contributed by atoms with Gasteiger partial charge in [0.05, 0.1) is 6.61 Å². The van der Waals surface area contributed by atoms with E-state index in [0.29, 0.717) is 6.04 Å². The number of benzene rings is 1. The molecular weight excluding hydrogens is 198 g/mol. The molecule has 0 fully saturated rings. The molecule has 0 aliphatic carbocycles. The zero-order chi connectivity index (χ0) is 12.0. The second-order valence-electron chi connectivity index (χ2n) is 4.17. The molecule has 0 aromatic heterocycles. The molecule has 0 saturated carbocycles. The number of ether oxygens (including phenoxy) is 1. The smallest absolute Gasteiger partial charge is 0.0664 e. The lowest BCUT2D eigenvalue weighted by Crippen LogP contribution is -2.23. The minimum absolute atomic E-state index is 0.353. The predicted molar refractivity (Wildman–Crippen MR) is 70.1 cm³/mol. The fraction of sp³-hybridized carbons (Fsp3) is 0.571. The van der Waals surface area contributed by atoms with E-state index in [-0.39, 0.29) is 0 Å². The summed E-state index contributed by atoms with van der Waals surface area (Å²) in [7, 11) is 0. The molecule has 1 aromatic rings. The Morgan fingerprint density at radius 3 is 2.69 bits per heavy atom. The SMILES string of the molecule is CCOC[C@@H](C)Nc1c(C)cccc1CC. The van der Waals surface area contributed by atoms with Gasteiger partial charge in [-0.1, -0.05) is 25.1 Å². The topological polar surface area (TPSA) is 21.3 Å². The third kappa shape index (κ3) is 3.53. The molecule has 0 radical (unpaired) electrons. The minimum Gasteiger partial charge on any atom is -0.380 e. The van der Waals surface area contributed by atoms with Gasteiger partial charge >= 0.3 is 0 Å². The Balaban J connectivity index is 2.71. The highest BCUT2D eigenvalue weighted by Crippen LogP contribution is 2.21. The van der Waals surface area contributed by atoms with Crippen molar-refractivity contribution < 1.29 is 4.74 Å². The molecule has 0 heterocycles. The fourth-order valence-corrected chi connectivity index (χ4v) is 1.81. The van der Waals surface area contributed by atoms with Crippen LogP contribution in [0.5, 0.6) is 0 Å². The number of rotatable bonds is 6. The van der Waals surface area contributed by atoms with E-state index in [1.165, 1.54) is 16.8 Å². The van der Waals surface area contributed by atoms with Crippen molar-refractivity contribution >= 4 is 5.69 Å². The molecular formula is C14H23NO. The van der Waals surface area contributed by atoms with Crippen LogP contribution in [0.1, 0.15) is 31.9 Å². The summed E-state index contributed by atoms with van der Waals surface area (Å²) in [6.45, 7) is 10.1. The Kier molecular flexibility index (Phi) is 5.33. The fourth-order valence-electron chi connectivity index (χ4n) is 1.81. The summed E-state index contributed by atoms with van der Waals surface area (Å²) >= 11 is 0. The highest BCUT2D eigenvalue weighted by atomic mass is 16.5. The van der Waals surface area contributed by atoms with Crippen molar-refractivity contribution in [2.24, 2.45) is 0 Å². The Labute approximate surface area is 99.0 Å². The normalized spacial score (nSPS) is 12.5. The van der Waals surface area contributed by atoms with Crippen LogP contribution < -0.4 is 5.32 Å². The molecule has 1 N–H and O–H groups in total. The van der Waals surface area contributed by atoms with Crippen LogP contribution in [-0.2, 0) is 11.2 Å². The lowest BCUT2D eigenvalue weighted by Gasteiger charge is -2.19. The van der Waals surface area contributed by atoms with Crippen LogP contribution in [-0.4, -0.2) is 19.3 Å². The first kappa shape index (κ1) is 13.0. The van der Waals surface area contributed by atoms with E-state index in [0.717, 1.165) is 19.6 Å². The maximum atomic E-state index is 5.42. The van der Waals surface area contributed by atoms with Crippen LogP contribution >= 0.6 is 0 Å². The number of aryl methyl sites for hydroxylation is 2. The molecule has 0 bridgehead atoms. The van der Waals surface area contributed by atoms with Gasteiger partial charge in [-0.3, -0.25) is 0 Å². The second kappa shape index (κ2) is 6.54. The zero-order valence-electron chi connectivity index (χ0n) is 10.8. The maximum absolute atomic E-state index is 5.42. The van der Waals surface area contributed by atoms with Gasteiger partial charge < -0.3 is 10.1 Å². The summed E-state index contributed by atoms with van der Waals surface area (Å²) in [5.74, 6) is 0. The van der Waals surface area contributed by atoms with E-state index in [1.54, 1.807) is 0 Å². The van der Waals surface area contributed by atoms with E-state index in [1.807, 2.05) is 6.92 Å². The summed E-state index contributed by atoms with van der Waals surface area (Å²) < 4.78 is 5.42. The third-order valence-corrected chi connectivity index (χ3v) is 2.70. The Morgan fingerprint density at radius 2 is 2.06 bits per heavy atom. The summed E-state index contributed by atoms with van der Waals surface area (Å²) in [5, 5.41) is 3.54. The van der Waals surface area contributed by atoms with Crippen LogP contribution in [0.15, 0.2) is 18.2 Å². The molecule has 1 aromatic carbocycles. The first-order valence-electron chi connectivity index (χ1n) is 6.11. The summed E-state index contributed by atoms with van der Waals surface area (Å²) in [5.41, 5.74) is 3.96. The van der Waals surface area contributed by atoms with Crippen molar-refractivity contribution in [2.45, 2.75) is 40.2 Å². The maximum Gasteiger partial charge on any atom is 0.0664 e. The van der Waals surface area contributed by atoms with Crippen LogP contribution in [0, 0.1) is 6.92 Å². The lowest BCUT2D eigenvalue weighted by atomic mass is 10.1. The first-order chi connectivity index (χ1) is 7.69. The standard InChI is InChI=1S/C14H23NO/c1-5-13-9-7-8-11(3)14(13)15-12(4)10-16-6-2/h7-9,12,15H,5-6,10H2,1-4H3/t12-/m1/s1. The van der Waals surface area contributed by atoms with Gasteiger partial charge in [0, 0.05) is 18.3 Å². The molecule has 0 aliphatic heterocycles. The molecule has 2 nitrogen and oxygen atoms in total. The Bertz CT molecular complexity index is 323. The number of anilines is 1. The summed E-state index contributed by atoms with van der Waals surface area (Å²) in [6.07, 6.45) is 1.06. The van der Waals surface area contributed by atoms with Crippen molar-refractivity contribution in [3.8, 4) is 0 Å². The molecule has 0 aliphatic rings. The van der Waals surface area contributed by atoms with Crippen molar-refractivity contribution in [3.63, 3.8) is 0 Å². The first-order valence-corrected chi connectivity index (χ1v) is 6.11. The summed E-state index contributed by atoms with van der Waals surface area (Å²) in [4.78, 5) is 0. The zero-order valence-corrected chi connectivity index (χ0v) is 10.8. The highest BCUT2D eigenvalue weighted by molar-refractivity contribution is 5.57. The van der Waals surface area contributed by atoms with Gasteiger partial charge in [0.2, 0.25) is 0 Å². The molecule has 90 valence electrons. The number of nitrogens with one attached hydrogen (secondary N) is 1. The van der Waals surface area contributed by atoms with E-state index < -0.39 is 0 Å². The molecule has 0 amide bonds. The lowest BCUT2D eigenvalue weighted by molar-refractivity contribution is 0.141. The van der Waals surface area contributed by atoms with Crippen LogP contribution in [0.3, 0.4) is 0 Å². The van der Waals surface area contributed by atoms with Crippen LogP contribution in [0.2, 0.25) is 0 Å². The van der Waals surface area contributed by atoms with Gasteiger partial charge in [0.25, 0.3) is 0 Å². The van der Waals surface area contributed by atoms with Gasteiger partial charge in [0.15, 0.2) is 0 Å². The molecule has 1 atom stereocenters. The van der Waals surface area contributed by atoms with E-state index >= 15 is 0 Å². The number of hydrogen-bond donors (Lipinski definition) is 1. The van der Waals surface area contributed by atoms with Gasteiger partial charge in [0.1, 0.15) is 0 Å². The van der Waals surface area contributed by atoms with Crippen molar-refractivity contribution in [2.75, 3.05) is 18.5 Å². The second-order valence-corrected chi connectivity index (χ2v) is 4.17. The average molecular weight is 221 g/mol. The van der Waals surface area contributed by atoms with Gasteiger partial charge in [-0.2, -0.15) is 0 Å². The summed E-state index contributed by atoms with van der Waals surface area (Å²) in [6, 6.07) is 6.80. The molecule has 0 saturated heterocycles. The van der Waals surface area contributed by atoms with Crippen LogP contribution in [0.4, 0.5) is 5.69 Å². The third-order valence-electron chi connectivity index (χ3n) is 2.70. The van der Waals surface area contributed by atoms with Crippen molar-refractivity contribution in [1.82, 2.24) is 0 Å². The van der Waals surface area contributed by atoms with Crippen molar-refractivity contribution in [1.29, 1.82) is 0 Å². The molecule has 0 unspecified atom stereocenters. The minimum atomic E-state index is 0.353. The highest BCUT2D eigenvalue weighted by Gasteiger charge is 2.07. The Morgan fingerprint density at radius 1 is 1.31 bits per heavy atom. The quantitative estimate of drug-likeness (QED) is 0.795.